The fraction of sp³-hybridized carbons (Fsp3) is 0.588. The van der Waals surface area contributed by atoms with Crippen molar-refractivity contribution >= 4 is 11.8 Å². The maximum Gasteiger partial charge on any atom is 0.291 e. The zero-order valence-electron chi connectivity index (χ0n) is 13.7. The topological polar surface area (TPSA) is 66.7 Å². The van der Waals surface area contributed by atoms with Crippen LogP contribution in [0, 0.1) is 10.8 Å². The molecule has 2 aliphatic heterocycles. The zero-order chi connectivity index (χ0) is 16.7. The molecule has 23 heavy (non-hydrogen) atoms. The lowest BCUT2D eigenvalue weighted by Crippen LogP contribution is -2.62. The van der Waals surface area contributed by atoms with Crippen molar-refractivity contribution in [2.24, 2.45) is 10.8 Å². The fourth-order valence-electron chi connectivity index (χ4n) is 3.63. The van der Waals surface area contributed by atoms with Crippen LogP contribution in [0.25, 0.3) is 0 Å². The van der Waals surface area contributed by atoms with Gasteiger partial charge in [0.25, 0.3) is 5.91 Å². The van der Waals surface area contributed by atoms with Crippen molar-refractivity contribution in [3.05, 3.63) is 31.0 Å². The van der Waals surface area contributed by atoms with Gasteiger partial charge in [0.05, 0.1) is 6.20 Å². The fourth-order valence-corrected chi connectivity index (χ4v) is 3.63. The zero-order valence-corrected chi connectivity index (χ0v) is 13.7. The standard InChI is InChI=1S/C17H23N3O3/c1-4-5-16(2,3)15(22)20-10-17(11-20)6-7-19(9-17)14(21)13-8-18-12-23-13/h4,8,12H,1,5-7,9-11H2,2-3H3. The van der Waals surface area contributed by atoms with E-state index in [4.69, 9.17) is 4.42 Å². The minimum atomic E-state index is -0.405. The molecule has 0 saturated carbocycles. The first-order valence-electron chi connectivity index (χ1n) is 7.95. The summed E-state index contributed by atoms with van der Waals surface area (Å²) in [6.45, 7) is 10.5. The number of likely N-dealkylation sites (tertiary alicyclic amines) is 2. The molecule has 1 spiro atoms. The predicted octanol–water partition coefficient (Wildman–Crippen LogP) is 1.95. The van der Waals surface area contributed by atoms with Crippen molar-refractivity contribution in [3.8, 4) is 0 Å². The third kappa shape index (κ3) is 2.78. The molecule has 0 N–H and O–H groups in total. The normalized spacial score (nSPS) is 19.7. The van der Waals surface area contributed by atoms with Gasteiger partial charge in [-0.15, -0.1) is 6.58 Å². The van der Waals surface area contributed by atoms with Gasteiger partial charge in [0, 0.05) is 37.0 Å². The van der Waals surface area contributed by atoms with Gasteiger partial charge in [-0.05, 0) is 12.8 Å². The largest absolute Gasteiger partial charge is 0.438 e. The SMILES string of the molecule is C=CCC(C)(C)C(=O)N1CC2(CCN(C(=O)c3cnco3)C2)C1. The molecule has 6 nitrogen and oxygen atoms in total. The highest BCUT2D eigenvalue weighted by Gasteiger charge is 2.52. The molecule has 0 unspecified atom stereocenters. The van der Waals surface area contributed by atoms with Crippen LogP contribution in [-0.4, -0.2) is 52.8 Å². The molecule has 0 aliphatic carbocycles. The summed E-state index contributed by atoms with van der Waals surface area (Å²) >= 11 is 0. The number of hydrogen-bond donors (Lipinski definition) is 0. The van der Waals surface area contributed by atoms with Gasteiger partial charge in [-0.25, -0.2) is 4.98 Å². The first kappa shape index (κ1) is 15.8. The molecule has 2 saturated heterocycles. The monoisotopic (exact) mass is 317 g/mol. The van der Waals surface area contributed by atoms with Crippen molar-refractivity contribution < 1.29 is 14.0 Å². The van der Waals surface area contributed by atoms with Crippen molar-refractivity contribution in [2.75, 3.05) is 26.2 Å². The second-order valence-corrected chi connectivity index (χ2v) is 7.38. The summed E-state index contributed by atoms with van der Waals surface area (Å²) in [4.78, 5) is 32.4. The van der Waals surface area contributed by atoms with Gasteiger partial charge in [0.15, 0.2) is 6.39 Å². The summed E-state index contributed by atoms with van der Waals surface area (Å²) in [6, 6.07) is 0. The lowest BCUT2D eigenvalue weighted by atomic mass is 9.76. The lowest BCUT2D eigenvalue weighted by molar-refractivity contribution is -0.152. The van der Waals surface area contributed by atoms with E-state index in [1.165, 1.54) is 12.6 Å². The van der Waals surface area contributed by atoms with Crippen LogP contribution >= 0.6 is 0 Å². The van der Waals surface area contributed by atoms with E-state index in [-0.39, 0.29) is 23.0 Å². The molecular weight excluding hydrogens is 294 g/mol. The lowest BCUT2D eigenvalue weighted by Gasteiger charge is -2.50. The Morgan fingerprint density at radius 1 is 1.39 bits per heavy atom. The Hall–Kier alpha value is -2.11. The van der Waals surface area contributed by atoms with E-state index in [2.05, 4.69) is 11.6 Å². The van der Waals surface area contributed by atoms with E-state index in [9.17, 15) is 9.59 Å². The molecule has 2 fully saturated rings. The molecule has 3 heterocycles. The minimum Gasteiger partial charge on any atom is -0.438 e. The van der Waals surface area contributed by atoms with Crippen LogP contribution in [0.15, 0.2) is 29.7 Å². The molecule has 6 heteroatoms. The highest BCUT2D eigenvalue weighted by atomic mass is 16.3. The van der Waals surface area contributed by atoms with Crippen LogP contribution in [0.2, 0.25) is 0 Å². The van der Waals surface area contributed by atoms with Gasteiger partial charge in [-0.1, -0.05) is 19.9 Å². The van der Waals surface area contributed by atoms with E-state index in [1.807, 2.05) is 18.7 Å². The van der Waals surface area contributed by atoms with Gasteiger partial charge in [0.2, 0.25) is 11.7 Å². The third-order valence-corrected chi connectivity index (χ3v) is 4.94. The molecule has 1 aromatic heterocycles. The van der Waals surface area contributed by atoms with E-state index in [0.29, 0.717) is 19.5 Å². The van der Waals surface area contributed by atoms with Crippen LogP contribution in [-0.2, 0) is 4.79 Å². The molecule has 0 atom stereocenters. The molecule has 2 amide bonds. The van der Waals surface area contributed by atoms with Gasteiger partial charge in [-0.2, -0.15) is 0 Å². The molecule has 0 aromatic carbocycles. The quantitative estimate of drug-likeness (QED) is 0.796. The predicted molar refractivity (Wildman–Crippen MR) is 84.6 cm³/mol. The van der Waals surface area contributed by atoms with Crippen LogP contribution in [0.3, 0.4) is 0 Å². The van der Waals surface area contributed by atoms with Crippen LogP contribution in [0.5, 0.6) is 0 Å². The smallest absolute Gasteiger partial charge is 0.291 e. The first-order valence-corrected chi connectivity index (χ1v) is 7.95. The number of hydrogen-bond acceptors (Lipinski definition) is 4. The Morgan fingerprint density at radius 2 is 2.09 bits per heavy atom. The number of rotatable bonds is 4. The minimum absolute atomic E-state index is 0.0512. The molecule has 0 radical (unpaired) electrons. The summed E-state index contributed by atoms with van der Waals surface area (Å²) < 4.78 is 5.08. The maximum absolute atomic E-state index is 12.6. The molecule has 2 aliphatic rings. The van der Waals surface area contributed by atoms with Gasteiger partial charge in [0.1, 0.15) is 0 Å². The summed E-state index contributed by atoms with van der Waals surface area (Å²) in [5.41, 5.74) is -0.354. The number of carbonyl (C=O) groups excluding carboxylic acids is 2. The molecule has 124 valence electrons. The van der Waals surface area contributed by atoms with Gasteiger partial charge < -0.3 is 14.2 Å². The number of carbonyl (C=O) groups is 2. The van der Waals surface area contributed by atoms with E-state index in [0.717, 1.165) is 19.5 Å². The Balaban J connectivity index is 1.58. The van der Waals surface area contributed by atoms with E-state index < -0.39 is 5.41 Å². The first-order chi connectivity index (χ1) is 10.9. The van der Waals surface area contributed by atoms with Crippen molar-refractivity contribution in [1.82, 2.24) is 14.8 Å². The van der Waals surface area contributed by atoms with Gasteiger partial charge >= 0.3 is 0 Å². The van der Waals surface area contributed by atoms with Crippen LogP contribution in [0.1, 0.15) is 37.2 Å². The Kier molecular flexibility index (Phi) is 3.78. The van der Waals surface area contributed by atoms with E-state index >= 15 is 0 Å². The summed E-state index contributed by atoms with van der Waals surface area (Å²) in [5, 5.41) is 0. The third-order valence-electron chi connectivity index (χ3n) is 4.94. The number of amides is 2. The number of nitrogens with zero attached hydrogens (tertiary/aromatic N) is 3. The Labute approximate surface area is 136 Å². The summed E-state index contributed by atoms with van der Waals surface area (Å²) in [5.74, 6) is 0.334. The van der Waals surface area contributed by atoms with Crippen LogP contribution < -0.4 is 0 Å². The van der Waals surface area contributed by atoms with Crippen molar-refractivity contribution in [3.63, 3.8) is 0 Å². The molecule has 0 bridgehead atoms. The average molecular weight is 317 g/mol. The number of oxazole rings is 1. The van der Waals surface area contributed by atoms with Crippen LogP contribution in [0.4, 0.5) is 0 Å². The highest BCUT2D eigenvalue weighted by Crippen LogP contribution is 2.42. The van der Waals surface area contributed by atoms with E-state index in [1.54, 1.807) is 11.0 Å². The van der Waals surface area contributed by atoms with Gasteiger partial charge in [-0.3, -0.25) is 9.59 Å². The Bertz CT molecular complexity index is 615. The number of allylic oxidation sites excluding steroid dienone is 1. The molecule has 1 aromatic rings. The average Bonchev–Trinajstić information content (AvgIpc) is 3.13. The summed E-state index contributed by atoms with van der Waals surface area (Å²) in [7, 11) is 0. The second-order valence-electron chi connectivity index (χ2n) is 7.38. The highest BCUT2D eigenvalue weighted by molar-refractivity contribution is 5.91. The molecular formula is C17H23N3O3. The second kappa shape index (κ2) is 5.51. The number of aromatic nitrogens is 1. The molecule has 3 rings (SSSR count). The summed E-state index contributed by atoms with van der Waals surface area (Å²) in [6.07, 6.45) is 6.11. The maximum atomic E-state index is 12.6. The Morgan fingerprint density at radius 3 is 2.70 bits per heavy atom. The van der Waals surface area contributed by atoms with Crippen molar-refractivity contribution in [1.29, 1.82) is 0 Å². The van der Waals surface area contributed by atoms with Crippen molar-refractivity contribution in [2.45, 2.75) is 26.7 Å².